The second-order valence-electron chi connectivity index (χ2n) is 4.98. The normalized spacial score (nSPS) is 15.8. The number of rotatable bonds is 5. The van der Waals surface area contributed by atoms with Crippen molar-refractivity contribution in [1.29, 1.82) is 0 Å². The lowest BCUT2D eigenvalue weighted by Crippen LogP contribution is -2.19. The van der Waals surface area contributed by atoms with Crippen LogP contribution in [-0.4, -0.2) is 19.0 Å². The molecule has 2 rings (SSSR count). The van der Waals surface area contributed by atoms with Crippen LogP contribution >= 0.6 is 0 Å². The van der Waals surface area contributed by atoms with Crippen LogP contribution in [-0.2, 0) is 11.2 Å². The molecule has 4 nitrogen and oxygen atoms in total. The molecule has 1 unspecified atom stereocenters. The van der Waals surface area contributed by atoms with Gasteiger partial charge in [-0.25, -0.2) is 0 Å². The van der Waals surface area contributed by atoms with Crippen LogP contribution in [0.2, 0.25) is 0 Å². The van der Waals surface area contributed by atoms with Crippen LogP contribution in [0.15, 0.2) is 18.2 Å². The zero-order valence-electron chi connectivity index (χ0n) is 10.8. The molecule has 18 heavy (non-hydrogen) atoms. The summed E-state index contributed by atoms with van der Waals surface area (Å²) in [6, 6.07) is 6.12. The highest BCUT2D eigenvalue weighted by Crippen LogP contribution is 2.25. The minimum absolute atomic E-state index is 0.111. The van der Waals surface area contributed by atoms with Gasteiger partial charge in [0.25, 0.3) is 0 Å². The van der Waals surface area contributed by atoms with Gasteiger partial charge < -0.3 is 16.4 Å². The molecule has 0 aliphatic carbocycles. The highest BCUT2D eigenvalue weighted by molar-refractivity contribution is 5.94. The number of nitrogens with one attached hydrogen (secondary N) is 2. The van der Waals surface area contributed by atoms with Crippen molar-refractivity contribution in [2.24, 2.45) is 11.7 Å². The van der Waals surface area contributed by atoms with Crippen molar-refractivity contribution in [3.8, 4) is 0 Å². The van der Waals surface area contributed by atoms with Crippen molar-refractivity contribution in [1.82, 2.24) is 0 Å². The zero-order valence-corrected chi connectivity index (χ0v) is 10.8. The summed E-state index contributed by atoms with van der Waals surface area (Å²) in [5.41, 5.74) is 8.82. The van der Waals surface area contributed by atoms with Gasteiger partial charge in [0.1, 0.15) is 0 Å². The zero-order chi connectivity index (χ0) is 13.0. The molecule has 1 aromatic carbocycles. The smallest absolute Gasteiger partial charge is 0.224 e. The first kappa shape index (κ1) is 12.9. The van der Waals surface area contributed by atoms with Gasteiger partial charge >= 0.3 is 0 Å². The maximum Gasteiger partial charge on any atom is 0.224 e. The number of carbonyl (C=O) groups excluding carboxylic acids is 1. The highest BCUT2D eigenvalue weighted by atomic mass is 16.1. The second kappa shape index (κ2) is 5.87. The van der Waals surface area contributed by atoms with Crippen LogP contribution in [0.1, 0.15) is 25.3 Å². The van der Waals surface area contributed by atoms with E-state index in [9.17, 15) is 4.79 Å². The molecule has 4 heteroatoms. The standard InChI is InChI=1S/C14H21N3O/c1-10(6-7-15)9-16-12-3-4-13-11(8-12)2-5-14(18)17-13/h3-4,8,10,16H,2,5-7,9,15H2,1H3,(H,17,18). The van der Waals surface area contributed by atoms with Crippen LogP contribution in [0.4, 0.5) is 11.4 Å². The van der Waals surface area contributed by atoms with E-state index in [4.69, 9.17) is 5.73 Å². The Morgan fingerprint density at radius 3 is 3.06 bits per heavy atom. The van der Waals surface area contributed by atoms with Crippen molar-refractivity contribution in [2.45, 2.75) is 26.2 Å². The first-order valence-corrected chi connectivity index (χ1v) is 6.55. The summed E-state index contributed by atoms with van der Waals surface area (Å²) < 4.78 is 0. The summed E-state index contributed by atoms with van der Waals surface area (Å²) in [6.45, 7) is 3.86. The average Bonchev–Trinajstić information content (AvgIpc) is 2.36. The summed E-state index contributed by atoms with van der Waals surface area (Å²) in [6.07, 6.45) is 2.45. The Morgan fingerprint density at radius 2 is 2.28 bits per heavy atom. The number of aryl methyl sites for hydroxylation is 1. The number of hydrogen-bond acceptors (Lipinski definition) is 3. The first-order valence-electron chi connectivity index (χ1n) is 6.55. The van der Waals surface area contributed by atoms with Crippen molar-refractivity contribution < 1.29 is 4.79 Å². The second-order valence-corrected chi connectivity index (χ2v) is 4.98. The number of fused-ring (bicyclic) bond motifs is 1. The predicted molar refractivity (Wildman–Crippen MR) is 74.7 cm³/mol. The van der Waals surface area contributed by atoms with E-state index in [0.29, 0.717) is 12.3 Å². The molecule has 0 spiro atoms. The van der Waals surface area contributed by atoms with E-state index in [0.717, 1.165) is 37.3 Å². The summed E-state index contributed by atoms with van der Waals surface area (Å²) in [4.78, 5) is 11.3. The van der Waals surface area contributed by atoms with Gasteiger partial charge in [-0.2, -0.15) is 0 Å². The van der Waals surface area contributed by atoms with Crippen molar-refractivity contribution >= 4 is 17.3 Å². The molecule has 98 valence electrons. The molecule has 0 saturated carbocycles. The molecule has 1 atom stereocenters. The maximum absolute atomic E-state index is 11.3. The van der Waals surface area contributed by atoms with E-state index in [1.54, 1.807) is 0 Å². The Balaban J connectivity index is 1.97. The fourth-order valence-electron chi connectivity index (χ4n) is 2.17. The highest BCUT2D eigenvalue weighted by Gasteiger charge is 2.14. The first-order chi connectivity index (χ1) is 8.69. The topological polar surface area (TPSA) is 67.1 Å². The third-order valence-electron chi connectivity index (χ3n) is 3.31. The van der Waals surface area contributed by atoms with E-state index >= 15 is 0 Å². The van der Waals surface area contributed by atoms with Gasteiger partial charge in [-0.05, 0) is 49.1 Å². The predicted octanol–water partition coefficient (Wildman–Crippen LogP) is 1.97. The molecule has 0 fully saturated rings. The molecular formula is C14H21N3O. The Morgan fingerprint density at radius 1 is 1.44 bits per heavy atom. The van der Waals surface area contributed by atoms with Gasteiger partial charge in [0.2, 0.25) is 5.91 Å². The Kier molecular flexibility index (Phi) is 4.20. The monoisotopic (exact) mass is 247 g/mol. The lowest BCUT2D eigenvalue weighted by molar-refractivity contribution is -0.116. The molecule has 1 amide bonds. The van der Waals surface area contributed by atoms with E-state index < -0.39 is 0 Å². The molecule has 4 N–H and O–H groups in total. The number of benzene rings is 1. The molecule has 1 aliphatic rings. The maximum atomic E-state index is 11.3. The number of nitrogens with two attached hydrogens (primary N) is 1. The lowest BCUT2D eigenvalue weighted by Gasteiger charge is -2.19. The van der Waals surface area contributed by atoms with Crippen LogP contribution < -0.4 is 16.4 Å². The van der Waals surface area contributed by atoms with E-state index in [2.05, 4.69) is 23.6 Å². The summed E-state index contributed by atoms with van der Waals surface area (Å²) in [5, 5.41) is 6.31. The van der Waals surface area contributed by atoms with Gasteiger partial charge in [-0.1, -0.05) is 6.92 Å². The molecule has 0 saturated heterocycles. The molecule has 0 aromatic heterocycles. The van der Waals surface area contributed by atoms with E-state index in [1.807, 2.05) is 12.1 Å². The van der Waals surface area contributed by atoms with E-state index in [1.165, 1.54) is 5.56 Å². The lowest BCUT2D eigenvalue weighted by atomic mass is 10.0. The number of amides is 1. The number of anilines is 2. The summed E-state index contributed by atoms with van der Waals surface area (Å²) in [5.74, 6) is 0.686. The molecule has 0 radical (unpaired) electrons. The number of hydrogen-bond donors (Lipinski definition) is 3. The van der Waals surface area contributed by atoms with Crippen LogP contribution in [0.3, 0.4) is 0 Å². The van der Waals surface area contributed by atoms with Gasteiger partial charge in [-0.15, -0.1) is 0 Å². The van der Waals surface area contributed by atoms with Gasteiger partial charge in [0.05, 0.1) is 0 Å². The van der Waals surface area contributed by atoms with Gasteiger partial charge in [-0.3, -0.25) is 4.79 Å². The molecular weight excluding hydrogens is 226 g/mol. The Labute approximate surface area is 108 Å². The minimum atomic E-state index is 0.111. The van der Waals surface area contributed by atoms with Gasteiger partial charge in [0, 0.05) is 24.3 Å². The van der Waals surface area contributed by atoms with E-state index in [-0.39, 0.29) is 5.91 Å². The molecule has 0 bridgehead atoms. The average molecular weight is 247 g/mol. The summed E-state index contributed by atoms with van der Waals surface area (Å²) >= 11 is 0. The largest absolute Gasteiger partial charge is 0.385 e. The van der Waals surface area contributed by atoms with Crippen molar-refractivity contribution in [3.63, 3.8) is 0 Å². The Bertz CT molecular complexity index is 431. The minimum Gasteiger partial charge on any atom is -0.385 e. The van der Waals surface area contributed by atoms with Crippen LogP contribution in [0.25, 0.3) is 0 Å². The van der Waals surface area contributed by atoms with Crippen molar-refractivity contribution in [3.05, 3.63) is 23.8 Å². The fourth-order valence-corrected chi connectivity index (χ4v) is 2.17. The fraction of sp³-hybridized carbons (Fsp3) is 0.500. The third-order valence-corrected chi connectivity index (χ3v) is 3.31. The third kappa shape index (κ3) is 3.23. The Hall–Kier alpha value is -1.55. The molecule has 1 aliphatic heterocycles. The van der Waals surface area contributed by atoms with Crippen molar-refractivity contribution in [2.75, 3.05) is 23.7 Å². The number of carbonyl (C=O) groups is 1. The summed E-state index contributed by atoms with van der Waals surface area (Å²) in [7, 11) is 0. The van der Waals surface area contributed by atoms with Crippen LogP contribution in [0, 0.1) is 5.92 Å². The SMILES string of the molecule is CC(CCN)CNc1ccc2c(c1)CCC(=O)N2. The van der Waals surface area contributed by atoms with Gasteiger partial charge in [0.15, 0.2) is 0 Å². The molecule has 1 heterocycles. The van der Waals surface area contributed by atoms with Crippen LogP contribution in [0.5, 0.6) is 0 Å². The molecule has 1 aromatic rings. The quantitative estimate of drug-likeness (QED) is 0.745.